The monoisotopic (exact) mass is 1270 g/mol. The molecule has 6 amide bonds. The van der Waals surface area contributed by atoms with Gasteiger partial charge in [0, 0.05) is 111 Å². The van der Waals surface area contributed by atoms with Crippen molar-refractivity contribution in [2.45, 2.75) is 126 Å². The Bertz CT molecular complexity index is 3440. The number of alkyl carbamates (subject to hydrolysis) is 1. The number of allylic oxidation sites excluding steroid dienone is 1. The molecule has 0 spiro atoms. The minimum Gasteiger partial charge on any atom is -0.446 e. The zero-order valence-electron chi connectivity index (χ0n) is 52.4. The minimum absolute atomic E-state index is 0.0125. The third kappa shape index (κ3) is 15.4. The maximum absolute atomic E-state index is 13.7. The van der Waals surface area contributed by atoms with Gasteiger partial charge in [0.15, 0.2) is 0 Å². The first kappa shape index (κ1) is 64.7. The number of imide groups is 2. The van der Waals surface area contributed by atoms with Crippen LogP contribution < -0.4 is 30.9 Å². The van der Waals surface area contributed by atoms with Gasteiger partial charge in [-0.15, -0.1) is 11.8 Å². The lowest BCUT2D eigenvalue weighted by atomic mass is 9.33. The lowest BCUT2D eigenvalue weighted by Gasteiger charge is -2.72. The van der Waals surface area contributed by atoms with Crippen LogP contribution in [0.2, 0.25) is 0 Å². The zero-order chi connectivity index (χ0) is 63.2. The molecule has 22 heteroatoms. The molecule has 482 valence electrons. The Morgan fingerprint density at radius 3 is 2.19 bits per heavy atom. The van der Waals surface area contributed by atoms with Crippen molar-refractivity contribution >= 4 is 74.5 Å². The van der Waals surface area contributed by atoms with Crippen LogP contribution in [0.25, 0.3) is 0 Å². The van der Waals surface area contributed by atoms with Crippen molar-refractivity contribution in [1.82, 2.24) is 30.1 Å². The highest BCUT2D eigenvalue weighted by Gasteiger charge is 2.67. The van der Waals surface area contributed by atoms with Crippen LogP contribution in [0.4, 0.5) is 21.9 Å². The van der Waals surface area contributed by atoms with Gasteiger partial charge in [-0.25, -0.2) is 17.9 Å². The van der Waals surface area contributed by atoms with Crippen LogP contribution in [0, 0.1) is 23.2 Å². The molecule has 1 unspecified atom stereocenters. The Labute approximate surface area is 533 Å². The molecule has 0 radical (unpaired) electrons. The van der Waals surface area contributed by atoms with E-state index in [2.05, 4.69) is 73.6 Å². The maximum Gasteiger partial charge on any atom is 0.407 e. The highest BCUT2D eigenvalue weighted by Crippen LogP contribution is 2.77. The summed E-state index contributed by atoms with van der Waals surface area (Å²) < 4.78 is 46.8. The number of rotatable bonds is 27. The Morgan fingerprint density at radius 2 is 1.49 bits per heavy atom. The van der Waals surface area contributed by atoms with Gasteiger partial charge in [0.2, 0.25) is 11.8 Å². The van der Waals surface area contributed by atoms with Crippen molar-refractivity contribution in [3.63, 3.8) is 0 Å². The molecule has 20 nitrogen and oxygen atoms in total. The Morgan fingerprint density at radius 1 is 0.767 bits per heavy atom. The summed E-state index contributed by atoms with van der Waals surface area (Å²) in [4.78, 5) is 86.2. The number of sulfonamides is 1. The fourth-order valence-corrected chi connectivity index (χ4v) is 16.6. The molecule has 8 aliphatic rings. The largest absolute Gasteiger partial charge is 0.446 e. The van der Waals surface area contributed by atoms with Gasteiger partial charge >= 0.3 is 6.09 Å². The summed E-state index contributed by atoms with van der Waals surface area (Å²) >= 11 is 1.75. The lowest BCUT2D eigenvalue weighted by Crippen LogP contribution is -2.61. The Balaban J connectivity index is 0.572. The van der Waals surface area contributed by atoms with Gasteiger partial charge in [-0.05, 0) is 160 Å². The van der Waals surface area contributed by atoms with Gasteiger partial charge in [-0.3, -0.25) is 39.1 Å². The number of piperidine rings is 2. The van der Waals surface area contributed by atoms with E-state index in [0.717, 1.165) is 91.3 Å². The number of hydrogen-bond acceptors (Lipinski definition) is 17. The molecule has 2 bridgehead atoms. The molecule has 90 heavy (non-hydrogen) atoms. The molecule has 4 aliphatic carbocycles. The van der Waals surface area contributed by atoms with E-state index in [0.29, 0.717) is 41.3 Å². The standard InChI is InChI=1S/C68H87N9O11S2/c1-46-39-53(90(84,85)73-61(79)47-13-15-50(16-14-47)76-33-31-75(32-34-76)41-48-21-25-66(2,3)40-55(48)68-43-67(4,44-68)45-68)17-18-56(46)71-49(42-89-52-9-6-5-7-10-52)22-28-74-29-23-51(24-30-74)88-65(83)70-27-36-87-38-37-86-35-26-69-57-12-8-11-54-60(57)64(82)77(63(54)81)58-19-20-59(78)72-62(58)80/h5-18,39,49,51,58,69,71H,19-38,40-45H2,1-4H3,(H,70,83)(H,73,79)(H,72,78,80)/t49-,58?,67?,68?/m1/s1. The number of carbonyl (C=O) groups is 6. The molecule has 3 saturated carbocycles. The van der Waals surface area contributed by atoms with Crippen LogP contribution in [0.5, 0.6) is 0 Å². The quantitative estimate of drug-likeness (QED) is 0.0163. The molecule has 5 N–H and O–H groups in total. The molecule has 4 aromatic rings. The van der Waals surface area contributed by atoms with Crippen LogP contribution in [-0.2, 0) is 33.8 Å². The second-order valence-electron chi connectivity index (χ2n) is 26.7. The highest BCUT2D eigenvalue weighted by molar-refractivity contribution is 7.99. The number of aryl methyl sites for hydroxylation is 1. The summed E-state index contributed by atoms with van der Waals surface area (Å²) in [5.74, 6) is -2.16. The molecule has 4 aliphatic heterocycles. The molecule has 0 aromatic heterocycles. The van der Waals surface area contributed by atoms with Crippen molar-refractivity contribution in [2.75, 3.05) is 113 Å². The van der Waals surface area contributed by atoms with E-state index in [-0.39, 0.29) is 79.5 Å². The third-order valence-electron chi connectivity index (χ3n) is 19.2. The molecular weight excluding hydrogens is 1180 g/mol. The van der Waals surface area contributed by atoms with Crippen molar-refractivity contribution in [2.24, 2.45) is 16.2 Å². The number of thioether (sulfide) groups is 1. The smallest absolute Gasteiger partial charge is 0.407 e. The molecule has 3 saturated heterocycles. The van der Waals surface area contributed by atoms with Crippen LogP contribution >= 0.6 is 11.8 Å². The van der Waals surface area contributed by atoms with Crippen molar-refractivity contribution in [3.05, 3.63) is 124 Å². The normalized spacial score (nSPS) is 23.1. The minimum atomic E-state index is -4.18. The molecule has 4 heterocycles. The van der Waals surface area contributed by atoms with Crippen molar-refractivity contribution in [1.29, 1.82) is 0 Å². The lowest BCUT2D eigenvalue weighted by molar-refractivity contribution is -0.167. The number of amides is 6. The zero-order valence-corrected chi connectivity index (χ0v) is 54.0. The Kier molecular flexibility index (Phi) is 20.1. The van der Waals surface area contributed by atoms with Gasteiger partial charge in [0.1, 0.15) is 12.1 Å². The van der Waals surface area contributed by atoms with Gasteiger partial charge in [0.25, 0.3) is 27.7 Å². The van der Waals surface area contributed by atoms with E-state index in [9.17, 15) is 37.2 Å². The van der Waals surface area contributed by atoms with Crippen molar-refractivity contribution in [3.8, 4) is 0 Å². The van der Waals surface area contributed by atoms with E-state index in [1.54, 1.807) is 71.4 Å². The second-order valence-corrected chi connectivity index (χ2v) is 29.5. The van der Waals surface area contributed by atoms with Gasteiger partial charge in [-0.1, -0.05) is 56.2 Å². The number of carbonyl (C=O) groups excluding carboxylic acids is 6. The first-order chi connectivity index (χ1) is 43.2. The summed E-state index contributed by atoms with van der Waals surface area (Å²) in [6, 6.07) is 26.3. The van der Waals surface area contributed by atoms with Crippen LogP contribution in [-0.4, -0.2) is 175 Å². The number of benzene rings is 4. The number of piperazine rings is 1. The number of likely N-dealkylation sites (tertiary alicyclic amines) is 1. The van der Waals surface area contributed by atoms with Crippen molar-refractivity contribution < 1.29 is 51.4 Å². The second kappa shape index (κ2) is 28.0. The average Bonchev–Trinajstić information content (AvgIpc) is 0.813. The SMILES string of the molecule is Cc1cc(S(=O)(=O)NC(=O)c2ccc(N3CCN(CC4=C(C56CC(C)(C5)C6)CC(C)(C)CC4)CC3)cc2)ccc1N[C@H](CCN1CCC(OC(=O)NCCOCCOCCNc2cccc3c2C(=O)N(C2CCC(=O)NC2=O)C3=O)CC1)CSc1ccccc1. The molecule has 6 fully saturated rings. The van der Waals surface area contributed by atoms with Gasteiger partial charge in [-0.2, -0.15) is 0 Å². The third-order valence-corrected chi connectivity index (χ3v) is 21.7. The summed E-state index contributed by atoms with van der Waals surface area (Å²) in [6.07, 6.45) is 9.49. The van der Waals surface area contributed by atoms with E-state index in [1.165, 1.54) is 38.5 Å². The molecular formula is C68H87N9O11S2. The summed E-state index contributed by atoms with van der Waals surface area (Å²) in [5.41, 5.74) is 8.67. The molecule has 2 atom stereocenters. The number of fused-ring (bicyclic) bond motifs is 1. The first-order valence-corrected chi connectivity index (χ1v) is 34.5. The molecule has 12 rings (SSSR count). The van der Waals surface area contributed by atoms with E-state index >= 15 is 0 Å². The first-order valence-electron chi connectivity index (χ1n) is 32.0. The summed E-state index contributed by atoms with van der Waals surface area (Å²) in [6.45, 7) is 18.1. The highest BCUT2D eigenvalue weighted by atomic mass is 32.2. The number of nitrogens with one attached hydrogen (secondary N) is 5. The average molecular weight is 1270 g/mol. The number of hydrogen-bond donors (Lipinski definition) is 5. The van der Waals surface area contributed by atoms with E-state index in [4.69, 9.17) is 14.2 Å². The summed E-state index contributed by atoms with van der Waals surface area (Å²) in [7, 11) is -4.18. The number of ether oxygens (including phenoxy) is 3. The molecule has 4 aromatic carbocycles. The van der Waals surface area contributed by atoms with Gasteiger partial charge < -0.3 is 40.0 Å². The van der Waals surface area contributed by atoms with Crippen LogP contribution in [0.15, 0.2) is 112 Å². The van der Waals surface area contributed by atoms with Crippen LogP contribution in [0.1, 0.15) is 128 Å². The number of anilines is 3. The topological polar surface area (TPSA) is 237 Å². The number of nitrogens with zero attached hydrogens (tertiary/aromatic N) is 4. The Hall–Kier alpha value is -6.82. The fourth-order valence-electron chi connectivity index (χ4n) is 14.5. The summed E-state index contributed by atoms with van der Waals surface area (Å²) in [5, 5.41) is 11.8. The van der Waals surface area contributed by atoms with Crippen LogP contribution in [0.3, 0.4) is 0 Å². The maximum atomic E-state index is 13.7. The fraction of sp³-hybridized carbons (Fsp3) is 0.529. The predicted octanol–water partition coefficient (Wildman–Crippen LogP) is 8.63. The van der Waals surface area contributed by atoms with E-state index in [1.807, 2.05) is 37.3 Å². The van der Waals surface area contributed by atoms with Gasteiger partial charge in [0.05, 0.1) is 42.4 Å². The van der Waals surface area contributed by atoms with E-state index < -0.39 is 51.7 Å². The predicted molar refractivity (Wildman–Crippen MR) is 346 cm³/mol.